The van der Waals surface area contributed by atoms with E-state index < -0.39 is 0 Å². The molecule has 0 radical (unpaired) electrons. The van der Waals surface area contributed by atoms with Crippen LogP contribution in [0.25, 0.3) is 0 Å². The second-order valence-electron chi connectivity index (χ2n) is 4.30. The van der Waals surface area contributed by atoms with Crippen molar-refractivity contribution >= 4 is 17.9 Å². The minimum absolute atomic E-state index is 0.254. The Morgan fingerprint density at radius 3 is 2.40 bits per heavy atom. The van der Waals surface area contributed by atoms with Crippen molar-refractivity contribution in [1.29, 1.82) is 0 Å². The molecule has 1 N–H and O–H groups in total. The number of nitrogens with one attached hydrogen (secondary N) is 1. The molecule has 0 aliphatic carbocycles. The molecule has 0 unspecified atom stereocenters. The Labute approximate surface area is 117 Å². The summed E-state index contributed by atoms with van der Waals surface area (Å²) >= 11 is 0. The van der Waals surface area contributed by atoms with Gasteiger partial charge in [-0.3, -0.25) is 9.59 Å². The molecule has 2 rings (SSSR count). The fourth-order valence-corrected chi connectivity index (χ4v) is 1.68. The zero-order valence-electron chi connectivity index (χ0n) is 11.0. The molecule has 100 valence electrons. The Morgan fingerprint density at radius 1 is 1.00 bits per heavy atom. The van der Waals surface area contributed by atoms with Crippen LogP contribution >= 0.6 is 0 Å². The van der Waals surface area contributed by atoms with E-state index in [9.17, 15) is 9.59 Å². The van der Waals surface area contributed by atoms with Gasteiger partial charge >= 0.3 is 0 Å². The largest absolute Gasteiger partial charge is 0.287 e. The molecule has 2 aromatic carbocycles. The van der Waals surface area contributed by atoms with Crippen LogP contribution in [0.2, 0.25) is 0 Å². The first-order chi connectivity index (χ1) is 9.66. The number of carbonyl (C=O) groups excluding carboxylic acids is 2. The maximum Gasteiger partial charge on any atom is 0.271 e. The van der Waals surface area contributed by atoms with Crippen LogP contribution in [-0.2, 0) is 0 Å². The van der Waals surface area contributed by atoms with Crippen LogP contribution in [0.5, 0.6) is 0 Å². The lowest BCUT2D eigenvalue weighted by Crippen LogP contribution is -2.18. The van der Waals surface area contributed by atoms with Crippen LogP contribution in [0.3, 0.4) is 0 Å². The van der Waals surface area contributed by atoms with Crippen LogP contribution in [0.4, 0.5) is 0 Å². The van der Waals surface area contributed by atoms with Crippen LogP contribution in [0.15, 0.2) is 59.7 Å². The number of carbonyl (C=O) groups is 2. The highest BCUT2D eigenvalue weighted by Crippen LogP contribution is 2.03. The molecular formula is C16H14N2O2. The average molecular weight is 266 g/mol. The molecule has 1 amide bonds. The van der Waals surface area contributed by atoms with Crippen molar-refractivity contribution in [1.82, 2.24) is 5.43 Å². The van der Waals surface area contributed by atoms with Crippen LogP contribution in [0.1, 0.15) is 26.3 Å². The number of Topliss-reactive ketones (excluding diaryl/α,β-unsaturated/α-hetero) is 1. The van der Waals surface area contributed by atoms with Gasteiger partial charge in [-0.1, -0.05) is 48.0 Å². The lowest BCUT2D eigenvalue weighted by atomic mass is 10.1. The summed E-state index contributed by atoms with van der Waals surface area (Å²) in [7, 11) is 0. The smallest absolute Gasteiger partial charge is 0.271 e. The molecule has 0 heterocycles. The normalized spacial score (nSPS) is 10.4. The van der Waals surface area contributed by atoms with Gasteiger partial charge in [-0.2, -0.15) is 5.10 Å². The Kier molecular flexibility index (Phi) is 4.39. The van der Waals surface area contributed by atoms with E-state index >= 15 is 0 Å². The van der Waals surface area contributed by atoms with Crippen molar-refractivity contribution in [2.75, 3.05) is 0 Å². The van der Waals surface area contributed by atoms with Gasteiger partial charge in [-0.25, -0.2) is 5.43 Å². The fourth-order valence-electron chi connectivity index (χ4n) is 1.68. The zero-order chi connectivity index (χ0) is 14.4. The summed E-state index contributed by atoms with van der Waals surface area (Å²) < 4.78 is 0. The van der Waals surface area contributed by atoms with E-state index in [2.05, 4.69) is 10.5 Å². The third-order valence-electron chi connectivity index (χ3n) is 2.69. The van der Waals surface area contributed by atoms with Crippen LogP contribution in [0, 0.1) is 6.92 Å². The quantitative estimate of drug-likeness (QED) is 0.525. The number of amides is 1. The molecule has 0 saturated carbocycles. The van der Waals surface area contributed by atoms with E-state index in [1.54, 1.807) is 42.5 Å². The number of nitrogens with zero attached hydrogens (tertiary/aromatic N) is 1. The molecule has 0 aromatic heterocycles. The average Bonchev–Trinajstić information content (AvgIpc) is 2.48. The number of hydrazone groups is 1. The summed E-state index contributed by atoms with van der Waals surface area (Å²) in [4.78, 5) is 23.5. The molecule has 0 aliphatic rings. The second-order valence-corrected chi connectivity index (χ2v) is 4.30. The summed E-state index contributed by atoms with van der Waals surface area (Å²) in [6.07, 6.45) is 1.10. The molecule has 2 aromatic rings. The highest BCUT2D eigenvalue weighted by molar-refractivity contribution is 6.35. The van der Waals surface area contributed by atoms with Gasteiger partial charge in [0.05, 0.1) is 6.21 Å². The van der Waals surface area contributed by atoms with Gasteiger partial charge in [0, 0.05) is 11.1 Å². The summed E-state index contributed by atoms with van der Waals surface area (Å²) in [6, 6.07) is 15.9. The molecule has 0 bridgehead atoms. The molecule has 4 nitrogen and oxygen atoms in total. The number of rotatable bonds is 4. The fraction of sp³-hybridized carbons (Fsp3) is 0.0625. The zero-order valence-corrected chi connectivity index (χ0v) is 11.0. The highest BCUT2D eigenvalue weighted by atomic mass is 16.2. The monoisotopic (exact) mass is 266 g/mol. The first-order valence-corrected chi connectivity index (χ1v) is 6.16. The van der Waals surface area contributed by atoms with E-state index in [4.69, 9.17) is 0 Å². The molecular weight excluding hydrogens is 252 g/mol. The van der Waals surface area contributed by atoms with Crippen LogP contribution in [-0.4, -0.2) is 17.9 Å². The summed E-state index contributed by atoms with van der Waals surface area (Å²) in [5, 5.41) is 3.68. The number of hydrogen-bond donors (Lipinski definition) is 1. The Bertz CT molecular complexity index is 649. The first kappa shape index (κ1) is 13.7. The van der Waals surface area contributed by atoms with Crippen LogP contribution < -0.4 is 5.43 Å². The van der Waals surface area contributed by atoms with Crippen molar-refractivity contribution < 1.29 is 9.59 Å². The Balaban J connectivity index is 1.97. The third kappa shape index (κ3) is 3.62. The minimum atomic E-state index is -0.342. The number of ketones is 1. The number of benzene rings is 2. The third-order valence-corrected chi connectivity index (χ3v) is 2.69. The maximum absolute atomic E-state index is 11.8. The summed E-state index contributed by atoms with van der Waals surface area (Å²) in [5.74, 6) is -0.596. The van der Waals surface area contributed by atoms with Crippen molar-refractivity contribution in [2.24, 2.45) is 5.10 Å². The van der Waals surface area contributed by atoms with E-state index in [0.717, 1.165) is 11.8 Å². The van der Waals surface area contributed by atoms with Crippen molar-refractivity contribution in [2.45, 2.75) is 6.92 Å². The van der Waals surface area contributed by atoms with E-state index in [0.29, 0.717) is 11.1 Å². The summed E-state index contributed by atoms with van der Waals surface area (Å²) in [6.45, 7) is 1.90. The molecule has 0 atom stereocenters. The van der Waals surface area contributed by atoms with Gasteiger partial charge in [-0.15, -0.1) is 0 Å². The molecule has 20 heavy (non-hydrogen) atoms. The SMILES string of the molecule is Cc1cccc(C(=O)N/N=C\C(=O)c2ccccc2)c1. The number of aryl methyl sites for hydroxylation is 1. The predicted molar refractivity (Wildman–Crippen MR) is 77.9 cm³/mol. The second kappa shape index (κ2) is 6.43. The minimum Gasteiger partial charge on any atom is -0.287 e. The van der Waals surface area contributed by atoms with Gasteiger partial charge in [0.2, 0.25) is 5.78 Å². The standard InChI is InChI=1S/C16H14N2O2/c1-12-6-5-9-14(10-12)16(20)18-17-11-15(19)13-7-3-2-4-8-13/h2-11H,1H3,(H,18,20)/b17-11-. The molecule has 0 spiro atoms. The lowest BCUT2D eigenvalue weighted by Gasteiger charge is -2.00. The van der Waals surface area contributed by atoms with E-state index in [1.807, 2.05) is 19.1 Å². The van der Waals surface area contributed by atoms with E-state index in [-0.39, 0.29) is 11.7 Å². The Morgan fingerprint density at radius 2 is 1.70 bits per heavy atom. The molecule has 0 saturated heterocycles. The van der Waals surface area contributed by atoms with Gasteiger partial charge in [0.1, 0.15) is 0 Å². The first-order valence-electron chi connectivity index (χ1n) is 6.16. The predicted octanol–water partition coefficient (Wildman–Crippen LogP) is 2.59. The van der Waals surface area contributed by atoms with Crippen molar-refractivity contribution in [3.8, 4) is 0 Å². The Hall–Kier alpha value is -2.75. The van der Waals surface area contributed by atoms with Gasteiger partial charge < -0.3 is 0 Å². The molecule has 0 aliphatic heterocycles. The van der Waals surface area contributed by atoms with E-state index in [1.165, 1.54) is 0 Å². The maximum atomic E-state index is 11.8. The number of hydrogen-bond acceptors (Lipinski definition) is 3. The molecule has 4 heteroatoms. The van der Waals surface area contributed by atoms with Crippen molar-refractivity contribution in [3.63, 3.8) is 0 Å². The van der Waals surface area contributed by atoms with Crippen molar-refractivity contribution in [3.05, 3.63) is 71.3 Å². The molecule has 0 fully saturated rings. The van der Waals surface area contributed by atoms with Gasteiger partial charge in [-0.05, 0) is 19.1 Å². The summed E-state index contributed by atoms with van der Waals surface area (Å²) in [5.41, 5.74) is 4.36. The highest BCUT2D eigenvalue weighted by Gasteiger charge is 2.04. The van der Waals surface area contributed by atoms with Gasteiger partial charge in [0.15, 0.2) is 0 Å². The van der Waals surface area contributed by atoms with Gasteiger partial charge in [0.25, 0.3) is 5.91 Å². The topological polar surface area (TPSA) is 58.5 Å². The lowest BCUT2D eigenvalue weighted by molar-refractivity contribution is 0.0955.